The zero-order valence-electron chi connectivity index (χ0n) is 13.2. The van der Waals surface area contributed by atoms with Crippen LogP contribution in [0.4, 0.5) is 11.6 Å². The molecule has 2 aromatic rings. The Bertz CT molecular complexity index is 705. The van der Waals surface area contributed by atoms with Gasteiger partial charge in [0.05, 0.1) is 18.5 Å². The molecule has 8 heteroatoms. The van der Waals surface area contributed by atoms with Crippen LogP contribution in [-0.4, -0.2) is 51.9 Å². The summed E-state index contributed by atoms with van der Waals surface area (Å²) in [5.41, 5.74) is -0.0867. The molecule has 1 saturated heterocycles. The Balaban J connectivity index is 1.71. The minimum atomic E-state index is -0.0867. The van der Waals surface area contributed by atoms with Gasteiger partial charge in [-0.1, -0.05) is 0 Å². The van der Waals surface area contributed by atoms with Crippen molar-refractivity contribution in [2.24, 2.45) is 7.05 Å². The lowest BCUT2D eigenvalue weighted by molar-refractivity contribution is 0.118. The Kier molecular flexibility index (Phi) is 4.52. The van der Waals surface area contributed by atoms with E-state index in [1.165, 1.54) is 17.0 Å². The summed E-state index contributed by atoms with van der Waals surface area (Å²) in [6.07, 6.45) is 5.84. The van der Waals surface area contributed by atoms with Crippen molar-refractivity contribution in [1.29, 1.82) is 0 Å². The Morgan fingerprint density at radius 3 is 3.00 bits per heavy atom. The number of rotatable bonds is 5. The average Bonchev–Trinajstić information content (AvgIpc) is 3.00. The molecule has 0 radical (unpaired) electrons. The first-order valence-electron chi connectivity index (χ1n) is 7.49. The van der Waals surface area contributed by atoms with E-state index in [4.69, 9.17) is 4.74 Å². The van der Waals surface area contributed by atoms with Crippen molar-refractivity contribution in [3.63, 3.8) is 0 Å². The predicted molar refractivity (Wildman–Crippen MR) is 86.5 cm³/mol. The van der Waals surface area contributed by atoms with Crippen molar-refractivity contribution in [1.82, 2.24) is 19.5 Å². The lowest BCUT2D eigenvalue weighted by Gasteiger charge is -2.25. The summed E-state index contributed by atoms with van der Waals surface area (Å²) in [5, 5.41) is 3.23. The standard InChI is InChI=1S/C15H20N6O2/c1-20-10-19-13(6-15(20)22)17-7-11-5-12(23-2)8-21(11)14-3-4-16-9-18-14/h3-4,6,9-12,17H,5,7-8H2,1-2H3/t11-,12-/m1/s1. The van der Waals surface area contributed by atoms with E-state index in [0.29, 0.717) is 12.4 Å². The average molecular weight is 316 g/mol. The molecule has 0 unspecified atom stereocenters. The number of nitrogens with one attached hydrogen (secondary N) is 1. The predicted octanol–water partition coefficient (Wildman–Crippen LogP) is 0.276. The number of methoxy groups -OCH3 is 1. The highest BCUT2D eigenvalue weighted by Crippen LogP contribution is 2.25. The van der Waals surface area contributed by atoms with Gasteiger partial charge in [-0.2, -0.15) is 0 Å². The van der Waals surface area contributed by atoms with Crippen molar-refractivity contribution in [3.05, 3.63) is 41.3 Å². The molecule has 0 amide bonds. The summed E-state index contributed by atoms with van der Waals surface area (Å²) < 4.78 is 6.94. The van der Waals surface area contributed by atoms with Gasteiger partial charge in [0.2, 0.25) is 0 Å². The second kappa shape index (κ2) is 6.74. The first kappa shape index (κ1) is 15.4. The van der Waals surface area contributed by atoms with Crippen LogP contribution in [0.15, 0.2) is 35.8 Å². The van der Waals surface area contributed by atoms with Gasteiger partial charge in [-0.05, 0) is 12.5 Å². The molecule has 0 aromatic carbocycles. The van der Waals surface area contributed by atoms with Crippen LogP contribution in [0.3, 0.4) is 0 Å². The zero-order chi connectivity index (χ0) is 16.2. The Morgan fingerprint density at radius 2 is 2.30 bits per heavy atom. The van der Waals surface area contributed by atoms with E-state index in [-0.39, 0.29) is 17.7 Å². The molecule has 3 rings (SSSR count). The first-order valence-corrected chi connectivity index (χ1v) is 7.49. The molecular formula is C15H20N6O2. The maximum atomic E-state index is 11.7. The van der Waals surface area contributed by atoms with Crippen molar-refractivity contribution in [3.8, 4) is 0 Å². The van der Waals surface area contributed by atoms with Crippen molar-refractivity contribution < 1.29 is 4.74 Å². The molecule has 1 aliphatic heterocycles. The molecule has 1 aliphatic rings. The van der Waals surface area contributed by atoms with Crippen LogP contribution in [0.2, 0.25) is 0 Å². The van der Waals surface area contributed by atoms with E-state index < -0.39 is 0 Å². The van der Waals surface area contributed by atoms with Crippen molar-refractivity contribution >= 4 is 11.6 Å². The van der Waals surface area contributed by atoms with Crippen molar-refractivity contribution in [2.45, 2.75) is 18.6 Å². The summed E-state index contributed by atoms with van der Waals surface area (Å²) in [6.45, 7) is 1.44. The van der Waals surface area contributed by atoms with E-state index >= 15 is 0 Å². The molecule has 2 aromatic heterocycles. The second-order valence-corrected chi connectivity index (χ2v) is 5.57. The van der Waals surface area contributed by atoms with Gasteiger partial charge in [-0.15, -0.1) is 0 Å². The van der Waals surface area contributed by atoms with E-state index in [2.05, 4.69) is 25.2 Å². The highest BCUT2D eigenvalue weighted by Gasteiger charge is 2.32. The van der Waals surface area contributed by atoms with Gasteiger partial charge < -0.3 is 19.5 Å². The Labute approximate surface area is 134 Å². The third kappa shape index (κ3) is 3.48. The molecule has 0 spiro atoms. The van der Waals surface area contributed by atoms with E-state index in [9.17, 15) is 4.79 Å². The SMILES string of the molecule is CO[C@@H]1C[C@H](CNc2cc(=O)n(C)cn2)N(c2ccncn2)C1. The summed E-state index contributed by atoms with van der Waals surface area (Å²) in [6, 6.07) is 3.60. The fourth-order valence-corrected chi connectivity index (χ4v) is 2.75. The molecular weight excluding hydrogens is 296 g/mol. The number of aryl methyl sites for hydroxylation is 1. The normalized spacial score (nSPS) is 20.7. The summed E-state index contributed by atoms with van der Waals surface area (Å²) in [5.74, 6) is 1.46. The van der Waals surface area contributed by atoms with Crippen LogP contribution in [0.1, 0.15) is 6.42 Å². The molecule has 0 bridgehead atoms. The van der Waals surface area contributed by atoms with Gasteiger partial charge in [0.1, 0.15) is 18.0 Å². The third-order valence-electron chi connectivity index (χ3n) is 4.07. The quantitative estimate of drug-likeness (QED) is 0.848. The van der Waals surface area contributed by atoms with Crippen molar-refractivity contribution in [2.75, 3.05) is 30.4 Å². The number of anilines is 2. The van der Waals surface area contributed by atoms with E-state index in [1.807, 2.05) is 6.07 Å². The Hall–Kier alpha value is -2.48. The van der Waals surface area contributed by atoms with Gasteiger partial charge in [0.25, 0.3) is 5.56 Å². The van der Waals surface area contributed by atoms with E-state index in [1.54, 1.807) is 26.7 Å². The smallest absolute Gasteiger partial charge is 0.255 e. The molecule has 0 aliphatic carbocycles. The van der Waals surface area contributed by atoms with Crippen LogP contribution in [-0.2, 0) is 11.8 Å². The minimum Gasteiger partial charge on any atom is -0.380 e. The Morgan fingerprint density at radius 1 is 1.43 bits per heavy atom. The molecule has 3 heterocycles. The number of hydrogen-bond donors (Lipinski definition) is 1. The highest BCUT2D eigenvalue weighted by molar-refractivity contribution is 5.42. The maximum Gasteiger partial charge on any atom is 0.255 e. The monoisotopic (exact) mass is 316 g/mol. The largest absolute Gasteiger partial charge is 0.380 e. The number of aromatic nitrogens is 4. The lowest BCUT2D eigenvalue weighted by Crippen LogP contribution is -2.36. The van der Waals surface area contributed by atoms with Crippen LogP contribution in [0.5, 0.6) is 0 Å². The third-order valence-corrected chi connectivity index (χ3v) is 4.07. The minimum absolute atomic E-state index is 0.0867. The zero-order valence-corrected chi connectivity index (χ0v) is 13.2. The topological polar surface area (TPSA) is 85.2 Å². The second-order valence-electron chi connectivity index (χ2n) is 5.57. The number of ether oxygens (including phenoxy) is 1. The van der Waals surface area contributed by atoms with Gasteiger partial charge in [-0.3, -0.25) is 4.79 Å². The van der Waals surface area contributed by atoms with Crippen LogP contribution >= 0.6 is 0 Å². The van der Waals surface area contributed by atoms with Crippen LogP contribution < -0.4 is 15.8 Å². The molecule has 1 N–H and O–H groups in total. The fourth-order valence-electron chi connectivity index (χ4n) is 2.75. The van der Waals surface area contributed by atoms with Gasteiger partial charge in [-0.25, -0.2) is 15.0 Å². The summed E-state index contributed by atoms with van der Waals surface area (Å²) >= 11 is 0. The fraction of sp³-hybridized carbons (Fsp3) is 0.467. The molecule has 8 nitrogen and oxygen atoms in total. The lowest BCUT2D eigenvalue weighted by atomic mass is 10.2. The molecule has 122 valence electrons. The highest BCUT2D eigenvalue weighted by atomic mass is 16.5. The molecule has 2 atom stereocenters. The summed E-state index contributed by atoms with van der Waals surface area (Å²) in [7, 11) is 3.40. The van der Waals surface area contributed by atoms with Gasteiger partial charge >= 0.3 is 0 Å². The molecule has 23 heavy (non-hydrogen) atoms. The first-order chi connectivity index (χ1) is 11.2. The van der Waals surface area contributed by atoms with E-state index in [0.717, 1.165) is 18.8 Å². The number of hydrogen-bond acceptors (Lipinski definition) is 7. The molecule has 1 fully saturated rings. The van der Waals surface area contributed by atoms with Crippen LogP contribution in [0.25, 0.3) is 0 Å². The van der Waals surface area contributed by atoms with Crippen LogP contribution in [0, 0.1) is 0 Å². The molecule has 0 saturated carbocycles. The summed E-state index contributed by atoms with van der Waals surface area (Å²) in [4.78, 5) is 26.4. The number of nitrogens with zero attached hydrogens (tertiary/aromatic N) is 5. The van der Waals surface area contributed by atoms with Gasteiger partial charge in [0.15, 0.2) is 0 Å². The maximum absolute atomic E-state index is 11.7. The van der Waals surface area contributed by atoms with Gasteiger partial charge in [0, 0.05) is 39.5 Å².